The van der Waals surface area contributed by atoms with Crippen molar-refractivity contribution in [2.24, 2.45) is 0 Å². The Morgan fingerprint density at radius 2 is 2.06 bits per heavy atom. The van der Waals surface area contributed by atoms with Gasteiger partial charge in [-0.25, -0.2) is 4.79 Å². The van der Waals surface area contributed by atoms with Crippen molar-refractivity contribution < 1.29 is 23.1 Å². The SMILES string of the molecule is O=C(O)c1cnn(C2CCNCC2)c1C(F)(F)F. The van der Waals surface area contributed by atoms with Gasteiger partial charge in [-0.15, -0.1) is 0 Å². The lowest BCUT2D eigenvalue weighted by molar-refractivity contribution is -0.145. The number of nitrogens with zero attached hydrogens (tertiary/aromatic N) is 2. The van der Waals surface area contributed by atoms with E-state index in [1.165, 1.54) is 0 Å². The van der Waals surface area contributed by atoms with Crippen molar-refractivity contribution in [3.8, 4) is 0 Å². The van der Waals surface area contributed by atoms with E-state index in [2.05, 4.69) is 10.4 Å². The Labute approximate surface area is 101 Å². The lowest BCUT2D eigenvalue weighted by Crippen LogP contribution is -2.32. The van der Waals surface area contributed by atoms with Crippen LogP contribution in [0.15, 0.2) is 6.20 Å². The normalized spacial score (nSPS) is 17.9. The molecule has 100 valence electrons. The number of hydrogen-bond acceptors (Lipinski definition) is 3. The first-order chi connectivity index (χ1) is 8.41. The molecule has 2 N–H and O–H groups in total. The average Bonchev–Trinajstić information content (AvgIpc) is 2.74. The molecule has 1 aliphatic heterocycles. The van der Waals surface area contributed by atoms with E-state index in [-0.39, 0.29) is 0 Å². The molecule has 0 bridgehead atoms. The molecule has 1 aliphatic rings. The van der Waals surface area contributed by atoms with Crippen LogP contribution in [0.5, 0.6) is 0 Å². The Morgan fingerprint density at radius 1 is 1.44 bits per heavy atom. The number of aromatic carboxylic acids is 1. The van der Waals surface area contributed by atoms with Gasteiger partial charge in [0.1, 0.15) is 5.56 Å². The molecule has 0 radical (unpaired) electrons. The Kier molecular flexibility index (Phi) is 3.29. The molecule has 1 aromatic rings. The lowest BCUT2D eigenvalue weighted by atomic mass is 10.1. The van der Waals surface area contributed by atoms with Gasteiger partial charge in [-0.05, 0) is 25.9 Å². The van der Waals surface area contributed by atoms with E-state index in [1.807, 2.05) is 0 Å². The molecule has 0 amide bonds. The van der Waals surface area contributed by atoms with E-state index in [4.69, 9.17) is 5.11 Å². The van der Waals surface area contributed by atoms with Crippen LogP contribution in [-0.2, 0) is 6.18 Å². The Hall–Kier alpha value is -1.57. The first-order valence-corrected chi connectivity index (χ1v) is 5.50. The van der Waals surface area contributed by atoms with Crippen molar-refractivity contribution in [1.29, 1.82) is 0 Å². The van der Waals surface area contributed by atoms with Crippen LogP contribution < -0.4 is 5.32 Å². The van der Waals surface area contributed by atoms with Gasteiger partial charge in [-0.3, -0.25) is 4.68 Å². The van der Waals surface area contributed by atoms with Crippen LogP contribution in [0.2, 0.25) is 0 Å². The highest BCUT2D eigenvalue weighted by atomic mass is 19.4. The predicted molar refractivity (Wildman–Crippen MR) is 55.3 cm³/mol. The topological polar surface area (TPSA) is 67.1 Å². The molecule has 0 atom stereocenters. The minimum Gasteiger partial charge on any atom is -0.478 e. The highest BCUT2D eigenvalue weighted by Gasteiger charge is 2.41. The van der Waals surface area contributed by atoms with Gasteiger partial charge in [0.25, 0.3) is 0 Å². The predicted octanol–water partition coefficient (Wildman–Crippen LogP) is 1.52. The molecule has 0 saturated carbocycles. The summed E-state index contributed by atoms with van der Waals surface area (Å²) in [5.41, 5.74) is -1.96. The second-order valence-corrected chi connectivity index (χ2v) is 4.14. The maximum absolute atomic E-state index is 12.9. The van der Waals surface area contributed by atoms with E-state index >= 15 is 0 Å². The number of alkyl halides is 3. The summed E-state index contributed by atoms with van der Waals surface area (Å²) in [5.74, 6) is -1.61. The summed E-state index contributed by atoms with van der Waals surface area (Å²) in [7, 11) is 0. The molecular weight excluding hydrogens is 251 g/mol. The highest BCUT2D eigenvalue weighted by molar-refractivity contribution is 5.88. The van der Waals surface area contributed by atoms with Gasteiger partial charge in [0.05, 0.1) is 12.2 Å². The summed E-state index contributed by atoms with van der Waals surface area (Å²) in [5, 5.41) is 15.4. The number of carboxylic acids is 1. The number of halogens is 3. The number of carbonyl (C=O) groups is 1. The summed E-state index contributed by atoms with van der Waals surface area (Å²) >= 11 is 0. The van der Waals surface area contributed by atoms with Gasteiger partial charge in [0.15, 0.2) is 5.69 Å². The molecule has 0 unspecified atom stereocenters. The smallest absolute Gasteiger partial charge is 0.433 e. The van der Waals surface area contributed by atoms with Gasteiger partial charge < -0.3 is 10.4 Å². The molecule has 1 fully saturated rings. The molecule has 1 saturated heterocycles. The Bertz CT molecular complexity index is 450. The number of hydrogen-bond donors (Lipinski definition) is 2. The van der Waals surface area contributed by atoms with E-state index < -0.39 is 29.4 Å². The van der Waals surface area contributed by atoms with Gasteiger partial charge in [0.2, 0.25) is 0 Å². The molecule has 0 aliphatic carbocycles. The number of aromatic nitrogens is 2. The molecule has 0 aromatic carbocycles. The van der Waals surface area contributed by atoms with Crippen molar-refractivity contribution in [2.75, 3.05) is 13.1 Å². The summed E-state index contributed by atoms with van der Waals surface area (Å²) in [6.07, 6.45) is -2.93. The summed E-state index contributed by atoms with van der Waals surface area (Å²) in [4.78, 5) is 10.8. The van der Waals surface area contributed by atoms with Crippen LogP contribution in [-0.4, -0.2) is 33.9 Å². The molecule has 2 rings (SSSR count). The molecular formula is C10H12F3N3O2. The summed E-state index contributed by atoms with van der Waals surface area (Å²) < 4.78 is 39.6. The zero-order valence-electron chi connectivity index (χ0n) is 9.37. The van der Waals surface area contributed by atoms with Crippen molar-refractivity contribution in [2.45, 2.75) is 25.1 Å². The molecule has 0 spiro atoms. The molecule has 18 heavy (non-hydrogen) atoms. The van der Waals surface area contributed by atoms with Crippen molar-refractivity contribution in [1.82, 2.24) is 15.1 Å². The van der Waals surface area contributed by atoms with E-state index in [0.717, 1.165) is 10.9 Å². The molecule has 8 heteroatoms. The average molecular weight is 263 g/mol. The minimum absolute atomic E-state index is 0.407. The quantitative estimate of drug-likeness (QED) is 0.849. The maximum Gasteiger partial charge on any atom is 0.433 e. The van der Waals surface area contributed by atoms with E-state index in [9.17, 15) is 18.0 Å². The van der Waals surface area contributed by atoms with Crippen LogP contribution >= 0.6 is 0 Å². The van der Waals surface area contributed by atoms with Crippen LogP contribution in [0.25, 0.3) is 0 Å². The highest BCUT2D eigenvalue weighted by Crippen LogP contribution is 2.35. The van der Waals surface area contributed by atoms with Crippen LogP contribution in [0.1, 0.15) is 34.9 Å². The minimum atomic E-state index is -4.71. The Balaban J connectivity index is 2.44. The van der Waals surface area contributed by atoms with Crippen LogP contribution in [0, 0.1) is 0 Å². The molecule has 2 heterocycles. The second kappa shape index (κ2) is 4.60. The molecule has 1 aromatic heterocycles. The fraction of sp³-hybridized carbons (Fsp3) is 0.600. The fourth-order valence-corrected chi connectivity index (χ4v) is 2.13. The summed E-state index contributed by atoms with van der Waals surface area (Å²) in [6.45, 7) is 1.20. The first kappa shape index (κ1) is 12.9. The van der Waals surface area contributed by atoms with Crippen molar-refractivity contribution >= 4 is 5.97 Å². The molecule has 5 nitrogen and oxygen atoms in total. The number of rotatable bonds is 2. The fourth-order valence-electron chi connectivity index (χ4n) is 2.13. The maximum atomic E-state index is 12.9. The van der Waals surface area contributed by atoms with E-state index in [0.29, 0.717) is 25.9 Å². The second-order valence-electron chi connectivity index (χ2n) is 4.14. The third-order valence-electron chi connectivity index (χ3n) is 2.95. The Morgan fingerprint density at radius 3 is 2.56 bits per heavy atom. The zero-order valence-corrected chi connectivity index (χ0v) is 9.37. The first-order valence-electron chi connectivity index (χ1n) is 5.50. The zero-order chi connectivity index (χ0) is 13.3. The standard InChI is InChI=1S/C10H12F3N3O2/c11-10(12,13)8-7(9(17)18)5-15-16(8)6-1-3-14-4-2-6/h5-6,14H,1-4H2,(H,17,18). The number of nitrogens with one attached hydrogen (secondary N) is 1. The van der Waals surface area contributed by atoms with Crippen LogP contribution in [0.4, 0.5) is 13.2 Å². The number of piperidine rings is 1. The third-order valence-corrected chi connectivity index (χ3v) is 2.95. The largest absolute Gasteiger partial charge is 0.478 e. The van der Waals surface area contributed by atoms with Gasteiger partial charge in [-0.2, -0.15) is 18.3 Å². The summed E-state index contributed by atoms with van der Waals surface area (Å²) in [6, 6.07) is -0.407. The van der Waals surface area contributed by atoms with Crippen molar-refractivity contribution in [3.05, 3.63) is 17.5 Å². The van der Waals surface area contributed by atoms with E-state index in [1.54, 1.807) is 0 Å². The van der Waals surface area contributed by atoms with Gasteiger partial charge in [-0.1, -0.05) is 0 Å². The third kappa shape index (κ3) is 2.33. The number of carboxylic acid groups (broad SMARTS) is 1. The van der Waals surface area contributed by atoms with Crippen molar-refractivity contribution in [3.63, 3.8) is 0 Å². The van der Waals surface area contributed by atoms with Gasteiger partial charge >= 0.3 is 12.1 Å². The monoisotopic (exact) mass is 263 g/mol. The lowest BCUT2D eigenvalue weighted by Gasteiger charge is -2.25. The van der Waals surface area contributed by atoms with Crippen LogP contribution in [0.3, 0.4) is 0 Å². The van der Waals surface area contributed by atoms with Gasteiger partial charge in [0, 0.05) is 0 Å².